The number of fused-ring (bicyclic) bond motifs is 1. The highest BCUT2D eigenvalue weighted by Crippen LogP contribution is 2.45. The van der Waals surface area contributed by atoms with Crippen molar-refractivity contribution in [2.24, 2.45) is 41.2 Å². The van der Waals surface area contributed by atoms with Crippen molar-refractivity contribution in [1.82, 2.24) is 5.01 Å². The number of ether oxygens (including phenoxy) is 1. The number of thiol groups is 1. The Balaban J connectivity index is 0.000000566. The van der Waals surface area contributed by atoms with Gasteiger partial charge in [0.05, 0.1) is 30.9 Å². The van der Waals surface area contributed by atoms with Gasteiger partial charge in [0.1, 0.15) is 0 Å². The number of rotatable bonds is 5. The summed E-state index contributed by atoms with van der Waals surface area (Å²) < 4.78 is 5.96. The normalized spacial score (nSPS) is 31.2. The summed E-state index contributed by atoms with van der Waals surface area (Å²) in [5, 5.41) is 19.1. The molecule has 1 saturated carbocycles. The fourth-order valence-electron chi connectivity index (χ4n) is 4.29. The van der Waals surface area contributed by atoms with Crippen molar-refractivity contribution in [1.29, 1.82) is 0 Å². The monoisotopic (exact) mass is 419 g/mol. The quantitative estimate of drug-likeness (QED) is 0.203. The highest BCUT2D eigenvalue weighted by Gasteiger charge is 2.40. The predicted octanol–water partition coefficient (Wildman–Crippen LogP) is 2.96. The van der Waals surface area contributed by atoms with Gasteiger partial charge in [0.15, 0.2) is 0 Å². The van der Waals surface area contributed by atoms with Crippen molar-refractivity contribution in [2.75, 3.05) is 25.7 Å². The van der Waals surface area contributed by atoms with Crippen molar-refractivity contribution in [3.63, 3.8) is 0 Å². The lowest BCUT2D eigenvalue weighted by Gasteiger charge is -2.43. The molecule has 2 rings (SSSR count). The van der Waals surface area contributed by atoms with Crippen LogP contribution in [0.3, 0.4) is 0 Å². The van der Waals surface area contributed by atoms with Crippen LogP contribution in [0, 0.1) is 29.6 Å². The smallest absolute Gasteiger partial charge is 0.0840 e. The summed E-state index contributed by atoms with van der Waals surface area (Å²) in [7, 11) is 0. The third-order valence-electron chi connectivity index (χ3n) is 5.96. The van der Waals surface area contributed by atoms with E-state index in [0.29, 0.717) is 42.0 Å². The molecule has 7 heteroatoms. The second-order valence-electron chi connectivity index (χ2n) is 7.95. The van der Waals surface area contributed by atoms with E-state index in [1.807, 2.05) is 13.8 Å². The van der Waals surface area contributed by atoms with Crippen LogP contribution in [0.15, 0.2) is 11.9 Å². The summed E-state index contributed by atoms with van der Waals surface area (Å²) in [5.74, 6) is 9.08. The highest BCUT2D eigenvalue weighted by atomic mass is 32.1. The molecular weight excluding hydrogens is 374 g/mol. The van der Waals surface area contributed by atoms with Crippen LogP contribution in [-0.2, 0) is 4.74 Å². The van der Waals surface area contributed by atoms with E-state index in [1.54, 1.807) is 0 Å². The number of hydrogen-bond donors (Lipinski definition) is 5. The first-order valence-electron chi connectivity index (χ1n) is 10.8. The van der Waals surface area contributed by atoms with E-state index < -0.39 is 0 Å². The van der Waals surface area contributed by atoms with Crippen molar-refractivity contribution in [3.8, 4) is 0 Å². The first-order chi connectivity index (χ1) is 13.3. The molecule has 0 spiro atoms. The molecule has 1 saturated heterocycles. The standard InChI is InChI=1S/C15H28O2.C4H11N3OS.C2H6/c1-10-4-6-14(11(2)8-16)15-9-17-12(3)5-7-13(10)15;5-4(2-8)1-7(6)3-9;1-2/h10-16H,4-9H2,1-3H3;1,8-9H,2-3,5-6H2;1-2H3/b;4-1-;/t10-,11?,12?,13?,14?,15?;;/m1../s1. The molecule has 0 aromatic heterocycles. The van der Waals surface area contributed by atoms with Gasteiger partial charge in [-0.25, -0.2) is 5.84 Å². The van der Waals surface area contributed by atoms with E-state index in [9.17, 15) is 5.11 Å². The Morgan fingerprint density at radius 2 is 1.82 bits per heavy atom. The Morgan fingerprint density at radius 1 is 1.18 bits per heavy atom. The maximum atomic E-state index is 9.42. The van der Waals surface area contributed by atoms with Gasteiger partial charge in [-0.1, -0.05) is 34.1 Å². The molecule has 2 fully saturated rings. The summed E-state index contributed by atoms with van der Waals surface area (Å²) in [6.45, 7) is 11.9. The molecule has 0 bridgehead atoms. The molecule has 6 N–H and O–H groups in total. The topological polar surface area (TPSA) is 105 Å². The van der Waals surface area contributed by atoms with Gasteiger partial charge < -0.3 is 25.7 Å². The molecule has 5 unspecified atom stereocenters. The van der Waals surface area contributed by atoms with Gasteiger partial charge in [0, 0.05) is 12.8 Å². The molecule has 1 heterocycles. The van der Waals surface area contributed by atoms with Crippen LogP contribution in [0.25, 0.3) is 0 Å². The third-order valence-corrected chi connectivity index (χ3v) is 6.29. The van der Waals surface area contributed by atoms with Gasteiger partial charge in [0.25, 0.3) is 0 Å². The molecule has 6 atom stereocenters. The third kappa shape index (κ3) is 9.35. The Morgan fingerprint density at radius 3 is 2.36 bits per heavy atom. The number of hydrazine groups is 1. The van der Waals surface area contributed by atoms with E-state index in [-0.39, 0.29) is 6.61 Å². The van der Waals surface area contributed by atoms with Crippen LogP contribution in [0.5, 0.6) is 0 Å². The number of hydrogen-bond acceptors (Lipinski definition) is 7. The minimum Gasteiger partial charge on any atom is -0.399 e. The zero-order valence-corrected chi connectivity index (χ0v) is 19.4. The molecule has 0 aromatic rings. The van der Waals surface area contributed by atoms with Gasteiger partial charge in [-0.3, -0.25) is 0 Å². The average molecular weight is 420 g/mol. The molecular formula is C21H45N3O3S. The number of aliphatic hydroxyl groups is 2. The minimum absolute atomic E-state index is 0.179. The Bertz CT molecular complexity index is 420. The van der Waals surface area contributed by atoms with E-state index in [4.69, 9.17) is 21.4 Å². The van der Waals surface area contributed by atoms with Gasteiger partial charge in [-0.2, -0.15) is 12.6 Å². The van der Waals surface area contributed by atoms with Gasteiger partial charge in [-0.15, -0.1) is 0 Å². The molecule has 168 valence electrons. The highest BCUT2D eigenvalue weighted by molar-refractivity contribution is 7.80. The summed E-state index contributed by atoms with van der Waals surface area (Å²) in [6.07, 6.45) is 7.00. The lowest BCUT2D eigenvalue weighted by atomic mass is 9.63. The SMILES string of the molecule is CC.CC1CCC2C(CO1)C(C(C)CO)CC[C@H]2C.N/C(=C\N(N)CS)CO. The van der Waals surface area contributed by atoms with Crippen LogP contribution in [-0.4, -0.2) is 47.0 Å². The van der Waals surface area contributed by atoms with Gasteiger partial charge in [-0.05, 0) is 55.8 Å². The average Bonchev–Trinajstić information content (AvgIpc) is 2.92. The first kappa shape index (κ1) is 27.5. The summed E-state index contributed by atoms with van der Waals surface area (Å²) >= 11 is 3.85. The molecule has 2 aliphatic rings. The number of nitrogens with two attached hydrogens (primary N) is 2. The van der Waals surface area contributed by atoms with E-state index in [2.05, 4.69) is 33.4 Å². The van der Waals surface area contributed by atoms with Crippen LogP contribution < -0.4 is 11.6 Å². The van der Waals surface area contributed by atoms with Crippen LogP contribution >= 0.6 is 12.6 Å². The Kier molecular flexibility index (Phi) is 15.1. The van der Waals surface area contributed by atoms with E-state index >= 15 is 0 Å². The van der Waals surface area contributed by atoms with Crippen molar-refractivity contribution in [2.45, 2.75) is 66.4 Å². The molecule has 6 nitrogen and oxygen atoms in total. The van der Waals surface area contributed by atoms with Crippen molar-refractivity contribution >= 4 is 12.6 Å². The number of aliphatic hydroxyl groups excluding tert-OH is 2. The van der Waals surface area contributed by atoms with Crippen LogP contribution in [0.2, 0.25) is 0 Å². The lowest BCUT2D eigenvalue weighted by molar-refractivity contribution is -0.0162. The second kappa shape index (κ2) is 15.4. The minimum atomic E-state index is -0.179. The summed E-state index contributed by atoms with van der Waals surface area (Å²) in [5.41, 5.74) is 5.53. The number of nitrogens with zero attached hydrogens (tertiary/aromatic N) is 1. The fraction of sp³-hybridized carbons (Fsp3) is 0.905. The van der Waals surface area contributed by atoms with E-state index in [0.717, 1.165) is 18.4 Å². The molecule has 0 amide bonds. The zero-order chi connectivity index (χ0) is 21.7. The summed E-state index contributed by atoms with van der Waals surface area (Å²) in [6, 6.07) is 0. The maximum Gasteiger partial charge on any atom is 0.0840 e. The molecule has 1 aliphatic heterocycles. The van der Waals surface area contributed by atoms with Gasteiger partial charge in [0.2, 0.25) is 0 Å². The van der Waals surface area contributed by atoms with Gasteiger partial charge >= 0.3 is 0 Å². The Hall–Kier alpha value is -0.470. The molecule has 28 heavy (non-hydrogen) atoms. The lowest BCUT2D eigenvalue weighted by Crippen LogP contribution is -2.39. The molecule has 0 radical (unpaired) electrons. The molecule has 0 aromatic carbocycles. The van der Waals surface area contributed by atoms with Crippen molar-refractivity contribution < 1.29 is 14.9 Å². The largest absolute Gasteiger partial charge is 0.399 e. The molecule has 1 aliphatic carbocycles. The zero-order valence-electron chi connectivity index (χ0n) is 18.6. The van der Waals surface area contributed by atoms with E-state index in [1.165, 1.54) is 36.9 Å². The predicted molar refractivity (Wildman–Crippen MR) is 120 cm³/mol. The second-order valence-corrected chi connectivity index (χ2v) is 8.23. The maximum absolute atomic E-state index is 9.42. The van der Waals surface area contributed by atoms with Crippen LogP contribution in [0.4, 0.5) is 0 Å². The Labute approximate surface area is 178 Å². The summed E-state index contributed by atoms with van der Waals surface area (Å²) in [4.78, 5) is 0. The van der Waals surface area contributed by atoms with Crippen molar-refractivity contribution in [3.05, 3.63) is 11.9 Å². The van der Waals surface area contributed by atoms with Crippen LogP contribution in [0.1, 0.15) is 60.3 Å². The fourth-order valence-corrected chi connectivity index (χ4v) is 4.37. The first-order valence-corrected chi connectivity index (χ1v) is 11.4.